The Morgan fingerprint density at radius 1 is 1.22 bits per heavy atom. The van der Waals surface area contributed by atoms with Gasteiger partial charge in [0.1, 0.15) is 18.1 Å². The molecule has 0 aliphatic carbocycles. The summed E-state index contributed by atoms with van der Waals surface area (Å²) in [6.07, 6.45) is 6.90. The van der Waals surface area contributed by atoms with E-state index in [0.717, 1.165) is 13.0 Å². The number of aromatic amines is 1. The lowest BCUT2D eigenvalue weighted by Crippen LogP contribution is -2.58. The Balaban J connectivity index is 2.11. The summed E-state index contributed by atoms with van der Waals surface area (Å²) in [7, 11) is 0. The van der Waals surface area contributed by atoms with E-state index in [4.69, 9.17) is 0 Å². The number of nitrogens with one attached hydrogen (secondary N) is 5. The van der Waals surface area contributed by atoms with E-state index in [9.17, 15) is 24.3 Å². The number of carboxylic acid groups (broad SMARTS) is 1. The number of carbonyl (C=O) groups excluding carboxylic acids is 3. The number of thioether (sulfide) groups is 1. The van der Waals surface area contributed by atoms with Crippen LogP contribution < -0.4 is 21.3 Å². The molecule has 32 heavy (non-hydrogen) atoms. The number of rotatable bonds is 13. The monoisotopic (exact) mass is 486 g/mol. The fraction of sp³-hybridized carbons (Fsp3) is 0.632. The lowest BCUT2D eigenvalue weighted by molar-refractivity contribution is -0.141. The number of hydrogen-bond acceptors (Lipinski definition) is 8. The van der Waals surface area contributed by atoms with Crippen molar-refractivity contribution in [2.45, 2.75) is 49.9 Å². The zero-order valence-electron chi connectivity index (χ0n) is 17.8. The predicted octanol–water partition coefficient (Wildman–Crippen LogP) is -1.07. The van der Waals surface area contributed by atoms with Gasteiger partial charge in [0.25, 0.3) is 0 Å². The first-order chi connectivity index (χ1) is 15.3. The van der Waals surface area contributed by atoms with Crippen LogP contribution >= 0.6 is 24.4 Å². The minimum Gasteiger partial charge on any atom is -0.480 e. The van der Waals surface area contributed by atoms with Crippen LogP contribution in [0.4, 0.5) is 0 Å². The molecule has 0 radical (unpaired) electrons. The third kappa shape index (κ3) is 8.02. The largest absolute Gasteiger partial charge is 0.480 e. The molecule has 6 N–H and O–H groups in total. The number of H-pyrrole nitrogens is 1. The van der Waals surface area contributed by atoms with Crippen molar-refractivity contribution >= 4 is 48.1 Å². The SMILES string of the molecule is CSCCC(NC(=O)C1CCCN1)C(=O)NC(Cc1cnc[nH]1)C(=O)NC(CS)C(=O)O. The highest BCUT2D eigenvalue weighted by atomic mass is 32.2. The molecule has 3 amide bonds. The number of carbonyl (C=O) groups is 4. The highest BCUT2D eigenvalue weighted by Gasteiger charge is 2.31. The summed E-state index contributed by atoms with van der Waals surface area (Å²) < 4.78 is 0. The smallest absolute Gasteiger partial charge is 0.327 e. The quantitative estimate of drug-likeness (QED) is 0.173. The van der Waals surface area contributed by atoms with Gasteiger partial charge in [0, 0.05) is 24.1 Å². The maximum Gasteiger partial charge on any atom is 0.327 e. The average Bonchev–Trinajstić information content (AvgIpc) is 3.48. The number of nitrogens with zero attached hydrogens (tertiary/aromatic N) is 1. The van der Waals surface area contributed by atoms with Crippen molar-refractivity contribution in [1.29, 1.82) is 0 Å². The van der Waals surface area contributed by atoms with Crippen LogP contribution in [0.1, 0.15) is 25.0 Å². The Kier molecular flexibility index (Phi) is 10.8. The molecular weight excluding hydrogens is 456 g/mol. The van der Waals surface area contributed by atoms with Gasteiger partial charge in [0.05, 0.1) is 12.4 Å². The normalized spacial score (nSPS) is 18.4. The van der Waals surface area contributed by atoms with Crippen molar-refractivity contribution in [2.24, 2.45) is 0 Å². The zero-order valence-corrected chi connectivity index (χ0v) is 19.5. The van der Waals surface area contributed by atoms with Crippen LogP contribution in [0.25, 0.3) is 0 Å². The van der Waals surface area contributed by atoms with Gasteiger partial charge in [-0.2, -0.15) is 24.4 Å². The molecular formula is C19H30N6O5S2. The van der Waals surface area contributed by atoms with Crippen molar-refractivity contribution in [1.82, 2.24) is 31.2 Å². The van der Waals surface area contributed by atoms with Crippen molar-refractivity contribution < 1.29 is 24.3 Å². The first kappa shape index (κ1) is 26.0. The second kappa shape index (κ2) is 13.3. The van der Waals surface area contributed by atoms with Crippen LogP contribution in [0.5, 0.6) is 0 Å². The molecule has 1 saturated heterocycles. The fourth-order valence-electron chi connectivity index (χ4n) is 3.24. The van der Waals surface area contributed by atoms with Crippen LogP contribution in [-0.2, 0) is 25.6 Å². The van der Waals surface area contributed by atoms with E-state index in [2.05, 4.69) is 43.9 Å². The highest BCUT2D eigenvalue weighted by molar-refractivity contribution is 7.98. The van der Waals surface area contributed by atoms with Crippen LogP contribution in [-0.4, -0.2) is 87.2 Å². The topological polar surface area (TPSA) is 165 Å². The maximum absolute atomic E-state index is 13.0. The van der Waals surface area contributed by atoms with Gasteiger partial charge >= 0.3 is 5.97 Å². The molecule has 2 heterocycles. The first-order valence-corrected chi connectivity index (χ1v) is 12.3. The molecule has 0 saturated carbocycles. The van der Waals surface area contributed by atoms with Gasteiger partial charge in [-0.05, 0) is 37.8 Å². The fourth-order valence-corrected chi connectivity index (χ4v) is 3.96. The van der Waals surface area contributed by atoms with E-state index >= 15 is 0 Å². The van der Waals surface area contributed by atoms with Gasteiger partial charge < -0.3 is 31.4 Å². The lowest BCUT2D eigenvalue weighted by atomic mass is 10.1. The van der Waals surface area contributed by atoms with Crippen LogP contribution in [0.15, 0.2) is 12.5 Å². The molecule has 11 nitrogen and oxygen atoms in total. The Hall–Kier alpha value is -2.25. The first-order valence-electron chi connectivity index (χ1n) is 10.3. The summed E-state index contributed by atoms with van der Waals surface area (Å²) >= 11 is 5.49. The van der Waals surface area contributed by atoms with E-state index < -0.39 is 35.9 Å². The van der Waals surface area contributed by atoms with Crippen LogP contribution in [0.3, 0.4) is 0 Å². The number of carboxylic acids is 1. The van der Waals surface area contributed by atoms with Crippen molar-refractivity contribution in [2.75, 3.05) is 24.3 Å². The molecule has 4 unspecified atom stereocenters. The van der Waals surface area contributed by atoms with E-state index in [1.165, 1.54) is 24.3 Å². The van der Waals surface area contributed by atoms with Gasteiger partial charge in [-0.1, -0.05) is 0 Å². The van der Waals surface area contributed by atoms with Gasteiger partial charge in [-0.15, -0.1) is 0 Å². The molecule has 4 atom stereocenters. The Labute approximate surface area is 196 Å². The number of imidazole rings is 1. The number of aromatic nitrogens is 2. The zero-order chi connectivity index (χ0) is 23.5. The maximum atomic E-state index is 13.0. The summed E-state index contributed by atoms with van der Waals surface area (Å²) in [5.41, 5.74) is 0.586. The minimum absolute atomic E-state index is 0.0733. The summed E-state index contributed by atoms with van der Waals surface area (Å²) in [5, 5.41) is 20.1. The molecule has 1 fully saturated rings. The van der Waals surface area contributed by atoms with Gasteiger partial charge in [-0.25, -0.2) is 9.78 Å². The van der Waals surface area contributed by atoms with Gasteiger partial charge in [0.15, 0.2) is 0 Å². The van der Waals surface area contributed by atoms with Crippen molar-refractivity contribution in [3.8, 4) is 0 Å². The molecule has 2 rings (SSSR count). The predicted molar refractivity (Wildman–Crippen MR) is 124 cm³/mol. The highest BCUT2D eigenvalue weighted by Crippen LogP contribution is 2.08. The van der Waals surface area contributed by atoms with Crippen molar-refractivity contribution in [3.63, 3.8) is 0 Å². The number of amides is 3. The molecule has 1 aromatic heterocycles. The Morgan fingerprint density at radius 2 is 1.94 bits per heavy atom. The van der Waals surface area contributed by atoms with E-state index in [1.54, 1.807) is 0 Å². The molecule has 1 aromatic rings. The number of hydrogen-bond donors (Lipinski definition) is 7. The summed E-state index contributed by atoms with van der Waals surface area (Å²) in [6, 6.07) is -3.43. The Morgan fingerprint density at radius 3 is 2.50 bits per heavy atom. The standard InChI is InChI=1S/C19H30N6O5S2/c1-32-6-4-13(23-16(26)12-3-2-5-21-12)17(27)24-14(7-11-8-20-10-22-11)18(28)25-15(9-31)19(29)30/h8,10,12-15,21,31H,2-7,9H2,1H3,(H,20,22)(H,23,26)(H,24,27)(H,25,28)(H,29,30). The molecule has 13 heteroatoms. The molecule has 0 spiro atoms. The third-order valence-electron chi connectivity index (χ3n) is 5.03. The van der Waals surface area contributed by atoms with E-state index in [-0.39, 0.29) is 24.1 Å². The van der Waals surface area contributed by atoms with Crippen molar-refractivity contribution in [3.05, 3.63) is 18.2 Å². The lowest BCUT2D eigenvalue weighted by Gasteiger charge is -2.24. The van der Waals surface area contributed by atoms with Gasteiger partial charge in [0.2, 0.25) is 17.7 Å². The number of thiol groups is 1. The second-order valence-electron chi connectivity index (χ2n) is 7.42. The number of aliphatic carboxylic acids is 1. The van der Waals surface area contributed by atoms with Crippen LogP contribution in [0, 0.1) is 0 Å². The molecule has 178 valence electrons. The summed E-state index contributed by atoms with van der Waals surface area (Å²) in [4.78, 5) is 56.4. The molecule has 1 aliphatic heterocycles. The minimum atomic E-state index is -1.23. The average molecular weight is 487 g/mol. The molecule has 1 aliphatic rings. The van der Waals surface area contributed by atoms with Gasteiger partial charge in [-0.3, -0.25) is 14.4 Å². The Bertz CT molecular complexity index is 772. The summed E-state index contributed by atoms with van der Waals surface area (Å²) in [5.74, 6) is -2.13. The van der Waals surface area contributed by atoms with E-state index in [1.807, 2.05) is 6.26 Å². The van der Waals surface area contributed by atoms with Crippen LogP contribution in [0.2, 0.25) is 0 Å². The third-order valence-corrected chi connectivity index (χ3v) is 6.04. The molecule has 0 aromatic carbocycles. The van der Waals surface area contributed by atoms with E-state index in [0.29, 0.717) is 24.3 Å². The summed E-state index contributed by atoms with van der Waals surface area (Å²) in [6.45, 7) is 0.752. The second-order valence-corrected chi connectivity index (χ2v) is 8.77. The molecule has 0 bridgehead atoms.